The maximum atomic E-state index is 12.9. The number of ether oxygens (including phenoxy) is 1. The van der Waals surface area contributed by atoms with Crippen LogP contribution in [0.25, 0.3) is 0 Å². The fourth-order valence-corrected chi connectivity index (χ4v) is 5.06. The summed E-state index contributed by atoms with van der Waals surface area (Å²) in [7, 11) is 0. The predicted octanol–water partition coefficient (Wildman–Crippen LogP) is 3.23. The number of carbonyl (C=O) groups excluding carboxylic acids is 1. The van der Waals surface area contributed by atoms with Crippen LogP contribution in [-0.2, 0) is 16.1 Å². The Bertz CT molecular complexity index is 546. The fraction of sp³-hybridized carbons (Fsp3) is 0.737. The van der Waals surface area contributed by atoms with Crippen LogP contribution in [0.15, 0.2) is 17.5 Å². The van der Waals surface area contributed by atoms with Gasteiger partial charge in [-0.15, -0.1) is 11.3 Å². The van der Waals surface area contributed by atoms with Crippen LogP contribution >= 0.6 is 11.3 Å². The van der Waals surface area contributed by atoms with Gasteiger partial charge in [0.1, 0.15) is 0 Å². The number of thiophene rings is 1. The van der Waals surface area contributed by atoms with Gasteiger partial charge in [0.2, 0.25) is 0 Å². The Morgan fingerprint density at radius 2 is 2.29 bits per heavy atom. The Kier molecular flexibility index (Phi) is 5.63. The van der Waals surface area contributed by atoms with Gasteiger partial charge in [0.25, 0.3) is 0 Å². The molecule has 0 amide bonds. The lowest BCUT2D eigenvalue weighted by molar-refractivity contribution is -0.157. The van der Waals surface area contributed by atoms with Crippen molar-refractivity contribution in [2.45, 2.75) is 46.2 Å². The molecule has 0 unspecified atom stereocenters. The number of rotatable bonds is 5. The predicted molar refractivity (Wildman–Crippen MR) is 98.1 cm³/mol. The van der Waals surface area contributed by atoms with Crippen LogP contribution in [0.4, 0.5) is 0 Å². The van der Waals surface area contributed by atoms with Gasteiger partial charge in [0, 0.05) is 43.0 Å². The van der Waals surface area contributed by atoms with Crippen molar-refractivity contribution in [2.75, 3.05) is 32.8 Å². The summed E-state index contributed by atoms with van der Waals surface area (Å²) < 4.78 is 5.53. The van der Waals surface area contributed by atoms with Crippen molar-refractivity contribution in [1.29, 1.82) is 0 Å². The van der Waals surface area contributed by atoms with Gasteiger partial charge in [-0.05, 0) is 51.6 Å². The summed E-state index contributed by atoms with van der Waals surface area (Å²) in [5, 5.41) is 2.14. The SMILES string of the molecule is CCOC(=O)[C@@]12CCCN(Cc3cccs3)C[C@@H]1CN(C(C)C)C2. The van der Waals surface area contributed by atoms with E-state index in [-0.39, 0.29) is 11.4 Å². The summed E-state index contributed by atoms with van der Waals surface area (Å²) in [6.45, 7) is 11.8. The van der Waals surface area contributed by atoms with Crippen molar-refractivity contribution in [3.63, 3.8) is 0 Å². The lowest BCUT2D eigenvalue weighted by Crippen LogP contribution is -2.42. The van der Waals surface area contributed by atoms with E-state index in [4.69, 9.17) is 4.74 Å². The second-order valence-electron chi connectivity index (χ2n) is 7.51. The monoisotopic (exact) mass is 350 g/mol. The third-order valence-corrected chi connectivity index (χ3v) is 6.53. The largest absolute Gasteiger partial charge is 0.466 e. The van der Waals surface area contributed by atoms with E-state index in [1.807, 2.05) is 18.3 Å². The second-order valence-corrected chi connectivity index (χ2v) is 8.55. The van der Waals surface area contributed by atoms with Crippen molar-refractivity contribution in [3.8, 4) is 0 Å². The first-order chi connectivity index (χ1) is 11.5. The normalized spacial score (nSPS) is 28.8. The van der Waals surface area contributed by atoms with Gasteiger partial charge in [-0.3, -0.25) is 14.6 Å². The first-order valence-corrected chi connectivity index (χ1v) is 10.1. The molecular formula is C19H30N2O2S. The first-order valence-electron chi connectivity index (χ1n) is 9.21. The highest BCUT2D eigenvalue weighted by molar-refractivity contribution is 7.09. The maximum Gasteiger partial charge on any atom is 0.313 e. The van der Waals surface area contributed by atoms with Crippen LogP contribution in [0.1, 0.15) is 38.5 Å². The zero-order valence-corrected chi connectivity index (χ0v) is 16.0. The Hall–Kier alpha value is -0.910. The van der Waals surface area contributed by atoms with Crippen LogP contribution in [-0.4, -0.2) is 54.6 Å². The Morgan fingerprint density at radius 1 is 1.46 bits per heavy atom. The van der Waals surface area contributed by atoms with Gasteiger partial charge in [-0.1, -0.05) is 6.07 Å². The molecule has 5 heteroatoms. The third-order valence-electron chi connectivity index (χ3n) is 5.67. The molecule has 2 atom stereocenters. The molecule has 0 N–H and O–H groups in total. The van der Waals surface area contributed by atoms with Crippen molar-refractivity contribution in [1.82, 2.24) is 9.80 Å². The van der Waals surface area contributed by atoms with Crippen molar-refractivity contribution < 1.29 is 9.53 Å². The van der Waals surface area contributed by atoms with E-state index in [2.05, 4.69) is 41.2 Å². The molecule has 2 fully saturated rings. The van der Waals surface area contributed by atoms with Crippen molar-refractivity contribution in [3.05, 3.63) is 22.4 Å². The number of esters is 1. The van der Waals surface area contributed by atoms with E-state index in [1.54, 1.807) is 0 Å². The topological polar surface area (TPSA) is 32.8 Å². The third kappa shape index (κ3) is 3.53. The van der Waals surface area contributed by atoms with E-state index in [0.717, 1.165) is 45.6 Å². The second kappa shape index (κ2) is 7.54. The molecular weight excluding hydrogens is 320 g/mol. The molecule has 0 spiro atoms. The summed E-state index contributed by atoms with van der Waals surface area (Å²) in [6, 6.07) is 4.81. The molecule has 2 saturated heterocycles. The molecule has 1 aromatic heterocycles. The van der Waals surface area contributed by atoms with Gasteiger partial charge in [0.05, 0.1) is 12.0 Å². The minimum absolute atomic E-state index is 0.0381. The number of nitrogens with zero attached hydrogens (tertiary/aromatic N) is 2. The molecule has 2 aliphatic heterocycles. The van der Waals surface area contributed by atoms with E-state index in [9.17, 15) is 4.79 Å². The Labute approximate surface area is 149 Å². The van der Waals surface area contributed by atoms with Crippen LogP contribution in [0, 0.1) is 11.3 Å². The van der Waals surface area contributed by atoms with Crippen molar-refractivity contribution >= 4 is 17.3 Å². The molecule has 0 aromatic carbocycles. The highest BCUT2D eigenvalue weighted by atomic mass is 32.1. The first kappa shape index (κ1) is 17.9. The Morgan fingerprint density at radius 3 is 2.96 bits per heavy atom. The summed E-state index contributed by atoms with van der Waals surface area (Å²) >= 11 is 1.82. The Balaban J connectivity index is 1.79. The molecule has 3 rings (SSSR count). The highest BCUT2D eigenvalue weighted by Crippen LogP contribution is 2.44. The van der Waals surface area contributed by atoms with E-state index < -0.39 is 0 Å². The molecule has 2 aliphatic rings. The number of carbonyl (C=O) groups is 1. The van der Waals surface area contributed by atoms with Gasteiger partial charge in [-0.2, -0.15) is 0 Å². The molecule has 3 heterocycles. The van der Waals surface area contributed by atoms with E-state index in [1.165, 1.54) is 4.88 Å². The van der Waals surface area contributed by atoms with Crippen LogP contribution in [0.2, 0.25) is 0 Å². The molecule has 24 heavy (non-hydrogen) atoms. The number of fused-ring (bicyclic) bond motifs is 1. The summed E-state index contributed by atoms with van der Waals surface area (Å²) in [5.41, 5.74) is -0.301. The number of likely N-dealkylation sites (tertiary alicyclic amines) is 2. The summed E-state index contributed by atoms with van der Waals surface area (Å²) in [6.07, 6.45) is 2.04. The smallest absolute Gasteiger partial charge is 0.313 e. The molecule has 4 nitrogen and oxygen atoms in total. The van der Waals surface area contributed by atoms with Gasteiger partial charge >= 0.3 is 5.97 Å². The minimum atomic E-state index is -0.301. The summed E-state index contributed by atoms with van der Waals surface area (Å²) in [5.74, 6) is 0.414. The average molecular weight is 351 g/mol. The van der Waals surface area contributed by atoms with Gasteiger partial charge < -0.3 is 4.74 Å². The van der Waals surface area contributed by atoms with Crippen LogP contribution in [0.5, 0.6) is 0 Å². The zero-order valence-electron chi connectivity index (χ0n) is 15.2. The molecule has 0 aliphatic carbocycles. The highest BCUT2D eigenvalue weighted by Gasteiger charge is 2.54. The van der Waals surface area contributed by atoms with Gasteiger partial charge in [0.15, 0.2) is 0 Å². The van der Waals surface area contributed by atoms with Gasteiger partial charge in [-0.25, -0.2) is 0 Å². The molecule has 0 bridgehead atoms. The lowest BCUT2D eigenvalue weighted by Gasteiger charge is -2.31. The van der Waals surface area contributed by atoms with Crippen molar-refractivity contribution in [2.24, 2.45) is 11.3 Å². The molecule has 1 aromatic rings. The number of hydrogen-bond acceptors (Lipinski definition) is 5. The van der Waals surface area contributed by atoms with Crippen LogP contribution < -0.4 is 0 Å². The summed E-state index contributed by atoms with van der Waals surface area (Å²) in [4.78, 5) is 19.3. The number of hydrogen-bond donors (Lipinski definition) is 0. The minimum Gasteiger partial charge on any atom is -0.466 e. The van der Waals surface area contributed by atoms with E-state index in [0.29, 0.717) is 18.6 Å². The molecule has 0 saturated carbocycles. The lowest BCUT2D eigenvalue weighted by atomic mass is 9.75. The quantitative estimate of drug-likeness (QED) is 0.763. The van der Waals surface area contributed by atoms with Crippen LogP contribution in [0.3, 0.4) is 0 Å². The maximum absolute atomic E-state index is 12.9. The average Bonchev–Trinajstić information content (AvgIpc) is 3.13. The fourth-order valence-electron chi connectivity index (χ4n) is 4.32. The molecule has 0 radical (unpaired) electrons. The zero-order chi connectivity index (χ0) is 17.2. The molecule has 134 valence electrons. The van der Waals surface area contributed by atoms with E-state index >= 15 is 0 Å². The standard InChI is InChI=1S/C19H30N2O2S/c1-4-23-18(22)19-8-6-9-20(13-17-7-5-10-24-17)11-16(19)12-21(14-19)15(2)3/h5,7,10,15-16H,4,6,8-9,11-14H2,1-3H3/t16-,19-/m1/s1.